The molecule has 0 aliphatic carbocycles. The minimum atomic E-state index is 0.0501. The first-order valence-electron chi connectivity index (χ1n) is 8.46. The predicted molar refractivity (Wildman–Crippen MR) is 100 cm³/mol. The Bertz CT molecular complexity index is 988. The number of anilines is 1. The van der Waals surface area contributed by atoms with Gasteiger partial charge in [-0.2, -0.15) is 4.98 Å². The van der Waals surface area contributed by atoms with Crippen LogP contribution in [0, 0.1) is 6.92 Å². The molecule has 26 heavy (non-hydrogen) atoms. The molecule has 0 saturated heterocycles. The highest BCUT2D eigenvalue weighted by molar-refractivity contribution is 5.53. The summed E-state index contributed by atoms with van der Waals surface area (Å²) in [5.41, 5.74) is 3.13. The maximum atomic E-state index is 5.33. The zero-order valence-electron chi connectivity index (χ0n) is 14.6. The van der Waals surface area contributed by atoms with Crippen molar-refractivity contribution in [1.29, 1.82) is 0 Å². The largest absolute Gasteiger partial charge is 0.345 e. The summed E-state index contributed by atoms with van der Waals surface area (Å²) in [5, 5.41) is 7.30. The van der Waals surface area contributed by atoms with Gasteiger partial charge < -0.3 is 14.4 Å². The number of aromatic nitrogens is 4. The van der Waals surface area contributed by atoms with E-state index in [4.69, 9.17) is 4.52 Å². The maximum absolute atomic E-state index is 5.33. The van der Waals surface area contributed by atoms with Crippen molar-refractivity contribution in [2.45, 2.75) is 19.9 Å². The van der Waals surface area contributed by atoms with E-state index in [9.17, 15) is 0 Å². The van der Waals surface area contributed by atoms with Crippen LogP contribution in [-0.2, 0) is 0 Å². The number of nitrogens with zero attached hydrogens (tertiary/aromatic N) is 4. The second-order valence-corrected chi connectivity index (χ2v) is 6.09. The van der Waals surface area contributed by atoms with Crippen LogP contribution in [-0.4, -0.2) is 19.7 Å². The molecule has 0 aliphatic rings. The van der Waals surface area contributed by atoms with Crippen molar-refractivity contribution in [1.82, 2.24) is 19.7 Å². The Morgan fingerprint density at radius 2 is 1.81 bits per heavy atom. The summed E-state index contributed by atoms with van der Waals surface area (Å²) in [6, 6.07) is 18.1. The fourth-order valence-electron chi connectivity index (χ4n) is 2.83. The molecule has 130 valence electrons. The number of rotatable bonds is 5. The van der Waals surface area contributed by atoms with Gasteiger partial charge in [0.25, 0.3) is 11.8 Å². The summed E-state index contributed by atoms with van der Waals surface area (Å²) < 4.78 is 7.38. The van der Waals surface area contributed by atoms with Crippen LogP contribution >= 0.6 is 0 Å². The lowest BCUT2D eigenvalue weighted by atomic mass is 10.1. The number of aryl methyl sites for hydroxylation is 1. The van der Waals surface area contributed by atoms with Gasteiger partial charge in [0, 0.05) is 23.6 Å². The van der Waals surface area contributed by atoms with E-state index in [1.807, 2.05) is 48.0 Å². The quantitative estimate of drug-likeness (QED) is 0.580. The van der Waals surface area contributed by atoms with Crippen LogP contribution in [0.25, 0.3) is 17.1 Å². The molecule has 1 atom stereocenters. The van der Waals surface area contributed by atoms with Crippen molar-refractivity contribution in [3.05, 3.63) is 78.4 Å². The monoisotopic (exact) mass is 345 g/mol. The third-order valence-electron chi connectivity index (χ3n) is 4.29. The molecular weight excluding hydrogens is 326 g/mol. The van der Waals surface area contributed by atoms with E-state index in [0.29, 0.717) is 11.8 Å². The smallest absolute Gasteiger partial charge is 0.264 e. The Labute approximate surface area is 151 Å². The van der Waals surface area contributed by atoms with E-state index in [1.165, 1.54) is 0 Å². The van der Waals surface area contributed by atoms with Crippen molar-refractivity contribution in [3.8, 4) is 17.1 Å². The Kier molecular flexibility index (Phi) is 4.23. The molecule has 1 unspecified atom stereocenters. The molecule has 0 fully saturated rings. The lowest BCUT2D eigenvalue weighted by Crippen LogP contribution is -2.08. The van der Waals surface area contributed by atoms with Crippen LogP contribution in [0.3, 0.4) is 0 Å². The Balaban J connectivity index is 1.48. The van der Waals surface area contributed by atoms with E-state index >= 15 is 0 Å². The molecule has 0 bridgehead atoms. The van der Waals surface area contributed by atoms with Crippen molar-refractivity contribution in [3.63, 3.8) is 0 Å². The standard InChI is InChI=1S/C20H19N5O/c1-14(16-8-10-18(11-9-16)25-13-12-21-15(25)2)22-20-23-19(26-24-20)17-6-4-3-5-7-17/h3-14H,1-2H3,(H,22,24). The number of nitrogens with one attached hydrogen (secondary N) is 1. The average molecular weight is 345 g/mol. The van der Waals surface area contributed by atoms with Crippen molar-refractivity contribution < 1.29 is 4.52 Å². The number of benzene rings is 2. The van der Waals surface area contributed by atoms with E-state index in [1.54, 1.807) is 6.20 Å². The molecule has 2 aromatic carbocycles. The van der Waals surface area contributed by atoms with Gasteiger partial charge in [-0.25, -0.2) is 4.98 Å². The summed E-state index contributed by atoms with van der Waals surface area (Å²) >= 11 is 0. The van der Waals surface area contributed by atoms with E-state index in [0.717, 1.165) is 22.6 Å². The van der Waals surface area contributed by atoms with Gasteiger partial charge in [0.1, 0.15) is 5.82 Å². The molecule has 0 aliphatic heterocycles. The molecule has 6 nitrogen and oxygen atoms in total. The lowest BCUT2D eigenvalue weighted by Gasteiger charge is -2.13. The van der Waals surface area contributed by atoms with Crippen LogP contribution < -0.4 is 5.32 Å². The third-order valence-corrected chi connectivity index (χ3v) is 4.29. The molecule has 4 aromatic rings. The summed E-state index contributed by atoms with van der Waals surface area (Å²) in [6.45, 7) is 4.05. The van der Waals surface area contributed by atoms with Crippen molar-refractivity contribution >= 4 is 5.95 Å². The summed E-state index contributed by atoms with van der Waals surface area (Å²) in [7, 11) is 0. The third kappa shape index (κ3) is 3.21. The van der Waals surface area contributed by atoms with Gasteiger partial charge in [-0.3, -0.25) is 0 Å². The van der Waals surface area contributed by atoms with Crippen LogP contribution in [0.15, 0.2) is 71.5 Å². The molecule has 0 saturated carbocycles. The number of hydrogen-bond acceptors (Lipinski definition) is 5. The Hall–Kier alpha value is -3.41. The summed E-state index contributed by atoms with van der Waals surface area (Å²) in [5.74, 6) is 1.95. The van der Waals surface area contributed by atoms with Crippen LogP contribution in [0.4, 0.5) is 5.95 Å². The van der Waals surface area contributed by atoms with Gasteiger partial charge in [-0.1, -0.05) is 30.3 Å². The predicted octanol–water partition coefficient (Wildman–Crippen LogP) is 4.40. The summed E-state index contributed by atoms with van der Waals surface area (Å²) in [6.07, 6.45) is 3.75. The van der Waals surface area contributed by atoms with Gasteiger partial charge >= 0.3 is 0 Å². The molecule has 0 spiro atoms. The first-order valence-corrected chi connectivity index (χ1v) is 8.46. The van der Waals surface area contributed by atoms with Crippen LogP contribution in [0.2, 0.25) is 0 Å². The first kappa shape index (κ1) is 16.1. The van der Waals surface area contributed by atoms with Gasteiger partial charge in [0.2, 0.25) is 0 Å². The highest BCUT2D eigenvalue weighted by Crippen LogP contribution is 2.22. The number of imidazole rings is 1. The maximum Gasteiger partial charge on any atom is 0.264 e. The topological polar surface area (TPSA) is 68.8 Å². The molecule has 2 heterocycles. The minimum Gasteiger partial charge on any atom is -0.345 e. The van der Waals surface area contributed by atoms with Crippen LogP contribution in [0.1, 0.15) is 24.4 Å². The first-order chi connectivity index (χ1) is 12.7. The molecule has 1 N–H and O–H groups in total. The second kappa shape index (κ2) is 6.84. The average Bonchev–Trinajstić information content (AvgIpc) is 3.32. The molecule has 6 heteroatoms. The fraction of sp³-hybridized carbons (Fsp3) is 0.150. The van der Waals surface area contributed by atoms with Gasteiger partial charge in [-0.15, -0.1) is 0 Å². The Morgan fingerprint density at radius 3 is 2.50 bits per heavy atom. The summed E-state index contributed by atoms with van der Waals surface area (Å²) in [4.78, 5) is 8.67. The highest BCUT2D eigenvalue weighted by Gasteiger charge is 2.12. The zero-order chi connectivity index (χ0) is 17.9. The van der Waals surface area contributed by atoms with Gasteiger partial charge in [0.15, 0.2) is 0 Å². The zero-order valence-corrected chi connectivity index (χ0v) is 14.6. The van der Waals surface area contributed by atoms with Crippen molar-refractivity contribution in [2.75, 3.05) is 5.32 Å². The van der Waals surface area contributed by atoms with Gasteiger partial charge in [0.05, 0.1) is 6.04 Å². The minimum absolute atomic E-state index is 0.0501. The number of hydrogen-bond donors (Lipinski definition) is 1. The van der Waals surface area contributed by atoms with E-state index in [2.05, 4.69) is 51.6 Å². The molecule has 2 aromatic heterocycles. The normalized spacial score (nSPS) is 12.1. The molecule has 4 rings (SSSR count). The molecule has 0 radical (unpaired) electrons. The Morgan fingerprint density at radius 1 is 1.04 bits per heavy atom. The van der Waals surface area contributed by atoms with E-state index in [-0.39, 0.29) is 6.04 Å². The second-order valence-electron chi connectivity index (χ2n) is 6.09. The SMILES string of the molecule is Cc1nccn1-c1ccc(C(C)Nc2noc(-c3ccccc3)n2)cc1. The lowest BCUT2D eigenvalue weighted by molar-refractivity contribution is 0.431. The van der Waals surface area contributed by atoms with Crippen molar-refractivity contribution in [2.24, 2.45) is 0 Å². The fourth-order valence-corrected chi connectivity index (χ4v) is 2.83. The van der Waals surface area contributed by atoms with E-state index < -0.39 is 0 Å². The van der Waals surface area contributed by atoms with Gasteiger partial charge in [-0.05, 0) is 48.8 Å². The van der Waals surface area contributed by atoms with Crippen LogP contribution in [0.5, 0.6) is 0 Å². The highest BCUT2D eigenvalue weighted by atomic mass is 16.5. The molecule has 0 amide bonds. The molecular formula is C20H19N5O.